The molecule has 0 aromatic heterocycles. The van der Waals surface area contributed by atoms with E-state index in [1.54, 1.807) is 0 Å². The minimum Gasteiger partial charge on any atom is -0.392 e. The minimum absolute atomic E-state index is 0.0613. The second-order valence-electron chi connectivity index (χ2n) is 3.28. The summed E-state index contributed by atoms with van der Waals surface area (Å²) in [5.74, 6) is -0.297. The number of carbonyl (C=O) groups is 1. The van der Waals surface area contributed by atoms with Crippen LogP contribution >= 0.6 is 0 Å². The van der Waals surface area contributed by atoms with E-state index in [-0.39, 0.29) is 18.1 Å². The lowest BCUT2D eigenvalue weighted by Crippen LogP contribution is -2.45. The van der Waals surface area contributed by atoms with Crippen LogP contribution in [0.15, 0.2) is 0 Å². The summed E-state index contributed by atoms with van der Waals surface area (Å²) in [6.45, 7) is 0.931. The summed E-state index contributed by atoms with van der Waals surface area (Å²) in [4.78, 5) is 10.5. The summed E-state index contributed by atoms with van der Waals surface area (Å²) in [5, 5.41) is 12.6. The van der Waals surface area contributed by atoms with E-state index in [4.69, 9.17) is 5.73 Å². The van der Waals surface area contributed by atoms with E-state index in [9.17, 15) is 9.90 Å². The monoisotopic (exact) mass is 172 g/mol. The average Bonchev–Trinajstić information content (AvgIpc) is 2.03. The first-order valence-electron chi connectivity index (χ1n) is 4.40. The van der Waals surface area contributed by atoms with Gasteiger partial charge < -0.3 is 16.2 Å². The Hall–Kier alpha value is -0.610. The van der Waals surface area contributed by atoms with Gasteiger partial charge in [0, 0.05) is 12.5 Å². The zero-order valence-corrected chi connectivity index (χ0v) is 7.12. The Morgan fingerprint density at radius 2 is 2.42 bits per heavy atom. The summed E-state index contributed by atoms with van der Waals surface area (Å²) in [7, 11) is 0. The van der Waals surface area contributed by atoms with Crippen molar-refractivity contribution >= 4 is 5.91 Å². The van der Waals surface area contributed by atoms with Crippen LogP contribution in [0.5, 0.6) is 0 Å². The van der Waals surface area contributed by atoms with Crippen molar-refractivity contribution < 1.29 is 9.90 Å². The highest BCUT2D eigenvalue weighted by Crippen LogP contribution is 2.12. The number of hydrogen-bond donors (Lipinski definition) is 3. The number of aliphatic hydroxyl groups is 1. The molecule has 0 radical (unpaired) electrons. The Morgan fingerprint density at radius 3 is 3.00 bits per heavy atom. The van der Waals surface area contributed by atoms with Crippen LogP contribution in [-0.4, -0.2) is 29.7 Å². The smallest absolute Gasteiger partial charge is 0.217 e. The maximum Gasteiger partial charge on any atom is 0.217 e. The van der Waals surface area contributed by atoms with Gasteiger partial charge in [0.1, 0.15) is 0 Å². The van der Waals surface area contributed by atoms with Gasteiger partial charge in [-0.3, -0.25) is 4.79 Å². The maximum atomic E-state index is 10.5. The number of piperidine rings is 1. The molecule has 4 nitrogen and oxygen atoms in total. The standard InChI is InChI=1S/C8H16N2O2/c9-8(12)4-3-6-7(11)2-1-5-10-6/h6-7,10-11H,1-5H2,(H2,9,12). The second-order valence-corrected chi connectivity index (χ2v) is 3.28. The molecule has 2 unspecified atom stereocenters. The van der Waals surface area contributed by atoms with Crippen LogP contribution in [0.3, 0.4) is 0 Å². The average molecular weight is 172 g/mol. The molecule has 1 aliphatic heterocycles. The van der Waals surface area contributed by atoms with Crippen molar-refractivity contribution in [1.82, 2.24) is 5.32 Å². The molecule has 4 N–H and O–H groups in total. The van der Waals surface area contributed by atoms with Gasteiger partial charge in [0.25, 0.3) is 0 Å². The molecule has 0 aromatic rings. The van der Waals surface area contributed by atoms with Gasteiger partial charge in [0.15, 0.2) is 0 Å². The Bertz CT molecular complexity index is 161. The first-order chi connectivity index (χ1) is 5.70. The lowest BCUT2D eigenvalue weighted by atomic mass is 9.97. The molecule has 0 spiro atoms. The highest BCUT2D eigenvalue weighted by molar-refractivity contribution is 5.73. The largest absolute Gasteiger partial charge is 0.392 e. The van der Waals surface area contributed by atoms with Crippen LogP contribution in [0.25, 0.3) is 0 Å². The molecule has 0 bridgehead atoms. The molecular formula is C8H16N2O2. The zero-order chi connectivity index (χ0) is 8.97. The van der Waals surface area contributed by atoms with Crippen molar-refractivity contribution in [1.29, 1.82) is 0 Å². The summed E-state index contributed by atoms with van der Waals surface area (Å²) in [6, 6.07) is 0.0613. The van der Waals surface area contributed by atoms with Crippen LogP contribution in [0.4, 0.5) is 0 Å². The molecule has 1 amide bonds. The van der Waals surface area contributed by atoms with Crippen LogP contribution in [-0.2, 0) is 4.79 Å². The van der Waals surface area contributed by atoms with Gasteiger partial charge in [-0.25, -0.2) is 0 Å². The SMILES string of the molecule is NC(=O)CCC1NCCCC1O. The van der Waals surface area contributed by atoms with Gasteiger partial charge in [0.05, 0.1) is 6.10 Å². The molecule has 70 valence electrons. The van der Waals surface area contributed by atoms with Crippen molar-refractivity contribution in [3.63, 3.8) is 0 Å². The van der Waals surface area contributed by atoms with E-state index in [1.807, 2.05) is 0 Å². The minimum atomic E-state index is -0.307. The third kappa shape index (κ3) is 2.79. The molecule has 1 fully saturated rings. The van der Waals surface area contributed by atoms with Crippen molar-refractivity contribution in [3.8, 4) is 0 Å². The van der Waals surface area contributed by atoms with Crippen molar-refractivity contribution in [2.75, 3.05) is 6.54 Å². The second kappa shape index (κ2) is 4.42. The summed E-state index contributed by atoms with van der Waals surface area (Å²) >= 11 is 0. The van der Waals surface area contributed by atoms with E-state index in [2.05, 4.69) is 5.32 Å². The molecule has 4 heteroatoms. The normalized spacial score (nSPS) is 30.1. The quantitative estimate of drug-likeness (QED) is 0.530. The third-order valence-corrected chi connectivity index (χ3v) is 2.25. The molecule has 1 aliphatic rings. The van der Waals surface area contributed by atoms with Gasteiger partial charge in [-0.2, -0.15) is 0 Å². The van der Waals surface area contributed by atoms with E-state index in [0.717, 1.165) is 19.4 Å². The predicted molar refractivity (Wildman–Crippen MR) is 45.5 cm³/mol. The predicted octanol–water partition coefficient (Wildman–Crippen LogP) is -0.635. The van der Waals surface area contributed by atoms with Gasteiger partial charge in [-0.05, 0) is 25.8 Å². The molecular weight excluding hydrogens is 156 g/mol. The van der Waals surface area contributed by atoms with Gasteiger partial charge in [-0.15, -0.1) is 0 Å². The van der Waals surface area contributed by atoms with E-state index >= 15 is 0 Å². The molecule has 0 aromatic carbocycles. The molecule has 0 saturated carbocycles. The lowest BCUT2D eigenvalue weighted by Gasteiger charge is -2.28. The lowest BCUT2D eigenvalue weighted by molar-refractivity contribution is -0.118. The molecule has 1 heterocycles. The number of hydrogen-bond acceptors (Lipinski definition) is 3. The van der Waals surface area contributed by atoms with E-state index < -0.39 is 0 Å². The van der Waals surface area contributed by atoms with Gasteiger partial charge >= 0.3 is 0 Å². The number of nitrogens with two attached hydrogens (primary N) is 1. The van der Waals surface area contributed by atoms with Crippen molar-refractivity contribution in [2.24, 2.45) is 5.73 Å². The summed E-state index contributed by atoms with van der Waals surface area (Å²) in [5.41, 5.74) is 5.01. The van der Waals surface area contributed by atoms with Crippen LogP contribution in [0.2, 0.25) is 0 Å². The van der Waals surface area contributed by atoms with Crippen molar-refractivity contribution in [3.05, 3.63) is 0 Å². The number of primary amides is 1. The highest BCUT2D eigenvalue weighted by Gasteiger charge is 2.22. The first-order valence-corrected chi connectivity index (χ1v) is 4.40. The topological polar surface area (TPSA) is 75.4 Å². The van der Waals surface area contributed by atoms with Crippen molar-refractivity contribution in [2.45, 2.75) is 37.8 Å². The number of carbonyl (C=O) groups excluding carboxylic acids is 1. The Morgan fingerprint density at radius 1 is 1.67 bits per heavy atom. The van der Waals surface area contributed by atoms with Gasteiger partial charge in [0.2, 0.25) is 5.91 Å². The van der Waals surface area contributed by atoms with Gasteiger partial charge in [-0.1, -0.05) is 0 Å². The highest BCUT2D eigenvalue weighted by atomic mass is 16.3. The fraction of sp³-hybridized carbons (Fsp3) is 0.875. The zero-order valence-electron chi connectivity index (χ0n) is 7.12. The third-order valence-electron chi connectivity index (χ3n) is 2.25. The van der Waals surface area contributed by atoms with Crippen LogP contribution < -0.4 is 11.1 Å². The Labute approximate surface area is 72.1 Å². The first kappa shape index (κ1) is 9.48. The molecule has 0 aliphatic carbocycles. The molecule has 12 heavy (non-hydrogen) atoms. The molecule has 1 rings (SSSR count). The van der Waals surface area contributed by atoms with E-state index in [0.29, 0.717) is 12.8 Å². The van der Waals surface area contributed by atoms with Crippen LogP contribution in [0, 0.1) is 0 Å². The fourth-order valence-electron chi connectivity index (χ4n) is 1.53. The summed E-state index contributed by atoms with van der Waals surface area (Å²) in [6.07, 6.45) is 2.54. The Kier molecular flexibility index (Phi) is 3.49. The summed E-state index contributed by atoms with van der Waals surface area (Å²) < 4.78 is 0. The number of aliphatic hydroxyl groups excluding tert-OH is 1. The number of amides is 1. The number of rotatable bonds is 3. The maximum absolute atomic E-state index is 10.5. The van der Waals surface area contributed by atoms with E-state index in [1.165, 1.54) is 0 Å². The Balaban J connectivity index is 2.24. The number of nitrogens with one attached hydrogen (secondary N) is 1. The van der Waals surface area contributed by atoms with Crippen LogP contribution in [0.1, 0.15) is 25.7 Å². The molecule has 1 saturated heterocycles. The fourth-order valence-corrected chi connectivity index (χ4v) is 1.53. The molecule has 2 atom stereocenters.